The molecule has 0 bridgehead atoms. The van der Waals surface area contributed by atoms with E-state index in [0.29, 0.717) is 0 Å². The van der Waals surface area contributed by atoms with E-state index in [2.05, 4.69) is 5.32 Å². The van der Waals surface area contributed by atoms with Crippen molar-refractivity contribution in [2.24, 2.45) is 11.7 Å². The maximum atomic E-state index is 12.3. The van der Waals surface area contributed by atoms with Gasteiger partial charge in [0.15, 0.2) is 5.78 Å². The maximum Gasteiger partial charge on any atom is 0.407 e. The molecule has 0 radical (unpaired) electrons. The van der Waals surface area contributed by atoms with E-state index in [1.54, 1.807) is 0 Å². The van der Waals surface area contributed by atoms with Crippen molar-refractivity contribution in [1.82, 2.24) is 5.32 Å². The zero-order chi connectivity index (χ0) is 21.8. The number of nitrogens with two attached hydrogens (primary N) is 1. The molecule has 1 aliphatic rings. The Morgan fingerprint density at radius 3 is 2.13 bits per heavy atom. The van der Waals surface area contributed by atoms with Crippen molar-refractivity contribution in [2.75, 3.05) is 6.61 Å². The molecule has 0 fully saturated rings. The zero-order valence-corrected chi connectivity index (χ0v) is 16.3. The van der Waals surface area contributed by atoms with Crippen molar-refractivity contribution in [3.63, 3.8) is 0 Å². The number of aldehydes is 1. The fraction of sp³-hybridized carbons (Fsp3) is 0.273. The summed E-state index contributed by atoms with van der Waals surface area (Å²) in [6.45, 7) is 1.40. The van der Waals surface area contributed by atoms with Crippen LogP contribution in [0.3, 0.4) is 0 Å². The standard InChI is InChI=1S/C22H22N2O6/c1-12(20(26)17(10-25)19(23)21(27)28)24-22(29)30-11-18-15-8-4-2-6-13(15)14-7-3-5-9-16(14)18/h2-10,12,17-19H,11,23H2,1H3,(H,24,29)(H,27,28). The number of ether oxygens (including phenoxy) is 1. The molecule has 156 valence electrons. The van der Waals surface area contributed by atoms with E-state index in [0.717, 1.165) is 22.3 Å². The fourth-order valence-electron chi connectivity index (χ4n) is 3.66. The highest BCUT2D eigenvalue weighted by Crippen LogP contribution is 2.44. The van der Waals surface area contributed by atoms with E-state index >= 15 is 0 Å². The lowest BCUT2D eigenvalue weighted by molar-refractivity contribution is -0.144. The van der Waals surface area contributed by atoms with Crippen molar-refractivity contribution in [3.8, 4) is 11.1 Å². The van der Waals surface area contributed by atoms with Gasteiger partial charge in [-0.1, -0.05) is 48.5 Å². The Labute approximate surface area is 173 Å². The molecule has 8 heteroatoms. The van der Waals surface area contributed by atoms with Gasteiger partial charge in [0.25, 0.3) is 0 Å². The smallest absolute Gasteiger partial charge is 0.407 e. The molecule has 8 nitrogen and oxygen atoms in total. The number of carbonyl (C=O) groups is 4. The van der Waals surface area contributed by atoms with Gasteiger partial charge in [-0.05, 0) is 29.2 Å². The normalized spacial score (nSPS) is 15.3. The molecule has 0 spiro atoms. The maximum absolute atomic E-state index is 12.3. The van der Waals surface area contributed by atoms with Gasteiger partial charge in [0.1, 0.15) is 24.9 Å². The number of benzene rings is 2. The molecular weight excluding hydrogens is 388 g/mol. The van der Waals surface area contributed by atoms with Gasteiger partial charge in [0.05, 0.1) is 6.04 Å². The van der Waals surface area contributed by atoms with Crippen molar-refractivity contribution in [2.45, 2.75) is 24.9 Å². The van der Waals surface area contributed by atoms with Gasteiger partial charge in [-0.15, -0.1) is 0 Å². The third-order valence-electron chi connectivity index (χ3n) is 5.25. The second-order valence-corrected chi connectivity index (χ2v) is 7.12. The molecule has 0 saturated heterocycles. The fourth-order valence-corrected chi connectivity index (χ4v) is 3.66. The molecule has 3 rings (SSSR count). The van der Waals surface area contributed by atoms with Crippen LogP contribution in [0.25, 0.3) is 11.1 Å². The van der Waals surface area contributed by atoms with Crippen LogP contribution in [-0.2, 0) is 19.1 Å². The molecule has 2 aromatic carbocycles. The lowest BCUT2D eigenvalue weighted by Crippen LogP contribution is -2.50. The summed E-state index contributed by atoms with van der Waals surface area (Å²) in [4.78, 5) is 46.6. The van der Waals surface area contributed by atoms with E-state index in [1.807, 2.05) is 48.5 Å². The second kappa shape index (κ2) is 8.87. The Hall–Kier alpha value is -3.52. The lowest BCUT2D eigenvalue weighted by atomic mass is 9.93. The summed E-state index contributed by atoms with van der Waals surface area (Å²) in [6.07, 6.45) is -0.664. The number of Topliss-reactive ketones (excluding diaryl/α,β-unsaturated/α-hetero) is 1. The van der Waals surface area contributed by atoms with Crippen LogP contribution < -0.4 is 11.1 Å². The summed E-state index contributed by atoms with van der Waals surface area (Å²) in [5.74, 6) is -3.98. The quantitative estimate of drug-likeness (QED) is 0.445. The predicted octanol–water partition coefficient (Wildman–Crippen LogP) is 1.71. The molecule has 0 heterocycles. The summed E-state index contributed by atoms with van der Waals surface area (Å²) in [5, 5.41) is 11.3. The third kappa shape index (κ3) is 4.08. The number of fused-ring (bicyclic) bond motifs is 3. The molecule has 3 atom stereocenters. The van der Waals surface area contributed by atoms with E-state index < -0.39 is 35.8 Å². The number of carbonyl (C=O) groups excluding carboxylic acids is 3. The largest absolute Gasteiger partial charge is 0.480 e. The number of rotatable bonds is 8. The van der Waals surface area contributed by atoms with Crippen LogP contribution in [0.1, 0.15) is 24.0 Å². The first-order valence-corrected chi connectivity index (χ1v) is 9.44. The minimum atomic E-state index is -1.68. The Bertz CT molecular complexity index is 944. The predicted molar refractivity (Wildman–Crippen MR) is 108 cm³/mol. The van der Waals surface area contributed by atoms with Crippen LogP contribution in [0.4, 0.5) is 4.79 Å². The molecule has 0 aromatic heterocycles. The number of ketones is 1. The average Bonchev–Trinajstić information content (AvgIpc) is 3.06. The lowest BCUT2D eigenvalue weighted by Gasteiger charge is -2.20. The van der Waals surface area contributed by atoms with Crippen LogP contribution in [0.5, 0.6) is 0 Å². The molecule has 2 aromatic rings. The molecule has 1 amide bonds. The summed E-state index contributed by atoms with van der Waals surface area (Å²) in [5.41, 5.74) is 9.64. The first-order chi connectivity index (χ1) is 14.3. The van der Waals surface area contributed by atoms with Crippen LogP contribution in [0, 0.1) is 5.92 Å². The first-order valence-electron chi connectivity index (χ1n) is 9.44. The van der Waals surface area contributed by atoms with Crippen molar-refractivity contribution < 1.29 is 29.0 Å². The third-order valence-corrected chi connectivity index (χ3v) is 5.25. The summed E-state index contributed by atoms with van der Waals surface area (Å²) < 4.78 is 5.34. The van der Waals surface area contributed by atoms with Crippen molar-refractivity contribution in [1.29, 1.82) is 0 Å². The minimum Gasteiger partial charge on any atom is -0.480 e. The summed E-state index contributed by atoms with van der Waals surface area (Å²) >= 11 is 0. The summed E-state index contributed by atoms with van der Waals surface area (Å²) in [7, 11) is 0. The van der Waals surface area contributed by atoms with Crippen LogP contribution >= 0.6 is 0 Å². The van der Waals surface area contributed by atoms with E-state index in [1.165, 1.54) is 6.92 Å². The highest BCUT2D eigenvalue weighted by molar-refractivity contribution is 6.02. The highest BCUT2D eigenvalue weighted by Gasteiger charge is 2.34. The van der Waals surface area contributed by atoms with Crippen LogP contribution in [0.2, 0.25) is 0 Å². The molecule has 0 aliphatic heterocycles. The van der Waals surface area contributed by atoms with E-state index in [9.17, 15) is 19.2 Å². The van der Waals surface area contributed by atoms with Crippen molar-refractivity contribution in [3.05, 3.63) is 59.7 Å². The van der Waals surface area contributed by atoms with Crippen LogP contribution in [-0.4, -0.2) is 47.9 Å². The Balaban J connectivity index is 1.64. The molecule has 3 unspecified atom stereocenters. The number of alkyl carbamates (subject to hydrolysis) is 1. The number of hydrogen-bond donors (Lipinski definition) is 3. The number of nitrogens with one attached hydrogen (secondary N) is 1. The number of carboxylic acid groups (broad SMARTS) is 1. The summed E-state index contributed by atoms with van der Waals surface area (Å²) in [6, 6.07) is 12.9. The monoisotopic (exact) mass is 410 g/mol. The molecule has 4 N–H and O–H groups in total. The highest BCUT2D eigenvalue weighted by atomic mass is 16.5. The first kappa shape index (κ1) is 21.2. The topological polar surface area (TPSA) is 136 Å². The van der Waals surface area contributed by atoms with Gasteiger partial charge in [0.2, 0.25) is 0 Å². The van der Waals surface area contributed by atoms with Gasteiger partial charge in [0, 0.05) is 5.92 Å². The average molecular weight is 410 g/mol. The van der Waals surface area contributed by atoms with E-state index in [-0.39, 0.29) is 18.8 Å². The van der Waals surface area contributed by atoms with E-state index in [4.69, 9.17) is 15.6 Å². The molecule has 1 aliphatic carbocycles. The second-order valence-electron chi connectivity index (χ2n) is 7.12. The molecule has 30 heavy (non-hydrogen) atoms. The van der Waals surface area contributed by atoms with Gasteiger partial charge < -0.3 is 25.7 Å². The van der Waals surface area contributed by atoms with Crippen LogP contribution in [0.15, 0.2) is 48.5 Å². The SMILES string of the molecule is CC(NC(=O)OCC1c2ccccc2-c2ccccc21)C(=O)C(C=O)C(N)C(=O)O. The number of hydrogen-bond acceptors (Lipinski definition) is 6. The van der Waals surface area contributed by atoms with Crippen molar-refractivity contribution >= 4 is 24.1 Å². The number of carboxylic acids is 1. The number of amides is 1. The van der Waals surface area contributed by atoms with Gasteiger partial charge >= 0.3 is 12.1 Å². The molecular formula is C22H22N2O6. The van der Waals surface area contributed by atoms with Gasteiger partial charge in [-0.2, -0.15) is 0 Å². The Morgan fingerprint density at radius 2 is 1.63 bits per heavy atom. The number of aliphatic carboxylic acids is 1. The molecule has 0 saturated carbocycles. The zero-order valence-electron chi connectivity index (χ0n) is 16.3. The Morgan fingerprint density at radius 1 is 1.10 bits per heavy atom. The Kier molecular flexibility index (Phi) is 6.27. The minimum absolute atomic E-state index is 0.0620. The van der Waals surface area contributed by atoms with Gasteiger partial charge in [-0.3, -0.25) is 9.59 Å². The van der Waals surface area contributed by atoms with Gasteiger partial charge in [-0.25, -0.2) is 4.79 Å².